The molecule has 2 unspecified atom stereocenters. The lowest BCUT2D eigenvalue weighted by atomic mass is 10.0. The van der Waals surface area contributed by atoms with E-state index in [1.54, 1.807) is 0 Å². The molecule has 1 aliphatic rings. The molecule has 0 amide bonds. The van der Waals surface area contributed by atoms with Crippen molar-refractivity contribution < 1.29 is 14.6 Å². The number of carboxylic acids is 1. The number of likely N-dealkylation sites (N-methyl/N-ethyl adjacent to an activating group) is 1. The van der Waals surface area contributed by atoms with E-state index < -0.39 is 12.1 Å². The van der Waals surface area contributed by atoms with Gasteiger partial charge in [0.15, 0.2) is 6.10 Å². The first kappa shape index (κ1) is 14.4. The summed E-state index contributed by atoms with van der Waals surface area (Å²) in [5.41, 5.74) is 0. The molecule has 0 spiro atoms. The summed E-state index contributed by atoms with van der Waals surface area (Å²) in [5, 5.41) is 9.05. The lowest BCUT2D eigenvalue weighted by Gasteiger charge is -2.37. The van der Waals surface area contributed by atoms with Crippen LogP contribution in [0.4, 0.5) is 0 Å². The van der Waals surface area contributed by atoms with Gasteiger partial charge in [-0.15, -0.1) is 0 Å². The van der Waals surface area contributed by atoms with Crippen LogP contribution in [-0.4, -0.2) is 73.4 Å². The van der Waals surface area contributed by atoms with Crippen molar-refractivity contribution in [2.45, 2.75) is 31.9 Å². The van der Waals surface area contributed by atoms with Gasteiger partial charge in [-0.1, -0.05) is 0 Å². The van der Waals surface area contributed by atoms with Crippen molar-refractivity contribution in [2.75, 3.05) is 40.3 Å². The summed E-state index contributed by atoms with van der Waals surface area (Å²) in [6.45, 7) is 4.68. The molecule has 0 saturated carbocycles. The molecule has 1 saturated heterocycles. The second kappa shape index (κ2) is 6.93. The van der Waals surface area contributed by atoms with Crippen molar-refractivity contribution in [3.05, 3.63) is 0 Å². The minimum absolute atomic E-state index is 0.446. The Labute approximate surface area is 103 Å². The molecule has 0 bridgehead atoms. The van der Waals surface area contributed by atoms with E-state index in [4.69, 9.17) is 9.84 Å². The lowest BCUT2D eigenvalue weighted by molar-refractivity contribution is -0.151. The quantitative estimate of drug-likeness (QED) is 0.737. The van der Waals surface area contributed by atoms with E-state index >= 15 is 0 Å². The molecule has 5 heteroatoms. The predicted octanol–water partition coefficient (Wildman–Crippen LogP) is 0.502. The molecule has 17 heavy (non-hydrogen) atoms. The third-order valence-electron chi connectivity index (χ3n) is 3.28. The summed E-state index contributed by atoms with van der Waals surface area (Å²) in [6.07, 6.45) is 1.62. The number of nitrogens with zero attached hydrogens (tertiary/aromatic N) is 2. The molecule has 1 rings (SSSR count). The predicted molar refractivity (Wildman–Crippen MR) is 66.2 cm³/mol. The summed E-state index contributed by atoms with van der Waals surface area (Å²) < 4.78 is 5.25. The molecule has 1 heterocycles. The monoisotopic (exact) mass is 244 g/mol. The van der Waals surface area contributed by atoms with E-state index in [2.05, 4.69) is 23.9 Å². The molecule has 0 aliphatic carbocycles. The summed E-state index contributed by atoms with van der Waals surface area (Å²) >= 11 is 0. The smallest absolute Gasteiger partial charge is 0.334 e. The highest BCUT2D eigenvalue weighted by atomic mass is 16.5. The SMILES string of the molecule is CCOC(CN1CCCC(N(C)C)C1)C(=O)O. The summed E-state index contributed by atoms with van der Waals surface area (Å²) in [6, 6.07) is 0.528. The van der Waals surface area contributed by atoms with Crippen molar-refractivity contribution in [3.63, 3.8) is 0 Å². The van der Waals surface area contributed by atoms with E-state index in [0.29, 0.717) is 19.2 Å². The third-order valence-corrected chi connectivity index (χ3v) is 3.28. The van der Waals surface area contributed by atoms with Crippen LogP contribution >= 0.6 is 0 Å². The fraction of sp³-hybridized carbons (Fsp3) is 0.917. The first-order chi connectivity index (χ1) is 8.04. The number of aliphatic carboxylic acids is 1. The van der Waals surface area contributed by atoms with Crippen molar-refractivity contribution in [1.82, 2.24) is 9.80 Å². The Hall–Kier alpha value is -0.650. The second-order valence-electron chi connectivity index (χ2n) is 4.80. The zero-order chi connectivity index (χ0) is 12.8. The number of piperidine rings is 1. The van der Waals surface area contributed by atoms with Gasteiger partial charge < -0.3 is 14.7 Å². The Kier molecular flexibility index (Phi) is 5.88. The average molecular weight is 244 g/mol. The topological polar surface area (TPSA) is 53.0 Å². The van der Waals surface area contributed by atoms with Crippen molar-refractivity contribution in [2.24, 2.45) is 0 Å². The van der Waals surface area contributed by atoms with Crippen molar-refractivity contribution in [1.29, 1.82) is 0 Å². The van der Waals surface area contributed by atoms with Gasteiger partial charge in [-0.25, -0.2) is 4.79 Å². The van der Waals surface area contributed by atoms with E-state index in [1.165, 1.54) is 6.42 Å². The number of carboxylic acid groups (broad SMARTS) is 1. The van der Waals surface area contributed by atoms with Crippen molar-refractivity contribution >= 4 is 5.97 Å². The van der Waals surface area contributed by atoms with Crippen LogP contribution in [0, 0.1) is 0 Å². The Balaban J connectivity index is 2.46. The first-order valence-corrected chi connectivity index (χ1v) is 6.27. The number of likely N-dealkylation sites (tertiary alicyclic amines) is 1. The standard InChI is InChI=1S/C12H24N2O3/c1-4-17-11(12(15)16)9-14-7-5-6-10(8-14)13(2)3/h10-11H,4-9H2,1-3H3,(H,15,16). The molecule has 5 nitrogen and oxygen atoms in total. The fourth-order valence-corrected chi connectivity index (χ4v) is 2.26. The second-order valence-corrected chi connectivity index (χ2v) is 4.80. The summed E-state index contributed by atoms with van der Waals surface area (Å²) in [4.78, 5) is 15.4. The molecule has 2 atom stereocenters. The van der Waals surface area contributed by atoms with Crippen LogP contribution in [0.5, 0.6) is 0 Å². The highest BCUT2D eigenvalue weighted by Crippen LogP contribution is 2.14. The number of carbonyl (C=O) groups is 1. The highest BCUT2D eigenvalue weighted by Gasteiger charge is 2.26. The van der Waals surface area contributed by atoms with Crippen molar-refractivity contribution in [3.8, 4) is 0 Å². The van der Waals surface area contributed by atoms with Gasteiger partial charge in [-0.05, 0) is 40.4 Å². The number of hydrogen-bond donors (Lipinski definition) is 1. The molecule has 0 aromatic heterocycles. The Morgan fingerprint density at radius 2 is 2.29 bits per heavy atom. The van der Waals surface area contributed by atoms with Crippen LogP contribution in [0.25, 0.3) is 0 Å². The zero-order valence-corrected chi connectivity index (χ0v) is 11.1. The molecule has 1 aliphatic heterocycles. The molecule has 0 radical (unpaired) electrons. The fourth-order valence-electron chi connectivity index (χ4n) is 2.26. The molecule has 0 aromatic carbocycles. The maximum Gasteiger partial charge on any atom is 0.334 e. The van der Waals surface area contributed by atoms with Gasteiger partial charge in [-0.3, -0.25) is 4.90 Å². The van der Waals surface area contributed by atoms with Crippen LogP contribution in [0.2, 0.25) is 0 Å². The molecule has 100 valence electrons. The van der Waals surface area contributed by atoms with E-state index in [-0.39, 0.29) is 0 Å². The summed E-state index contributed by atoms with van der Waals surface area (Å²) in [7, 11) is 4.15. The maximum absolute atomic E-state index is 11.0. The van der Waals surface area contributed by atoms with Gasteiger partial charge in [0.1, 0.15) is 0 Å². The van der Waals surface area contributed by atoms with Crippen LogP contribution in [0.1, 0.15) is 19.8 Å². The largest absolute Gasteiger partial charge is 0.479 e. The minimum Gasteiger partial charge on any atom is -0.479 e. The lowest BCUT2D eigenvalue weighted by Crippen LogP contribution is -2.49. The molecular weight excluding hydrogens is 220 g/mol. The average Bonchev–Trinajstić information content (AvgIpc) is 2.28. The van der Waals surface area contributed by atoms with Crippen LogP contribution in [-0.2, 0) is 9.53 Å². The summed E-state index contributed by atoms with van der Waals surface area (Å²) in [5.74, 6) is -0.862. The van der Waals surface area contributed by atoms with Crippen LogP contribution in [0.15, 0.2) is 0 Å². The maximum atomic E-state index is 11.0. The van der Waals surface area contributed by atoms with E-state index in [0.717, 1.165) is 19.5 Å². The number of rotatable bonds is 6. The van der Waals surface area contributed by atoms with Gasteiger partial charge >= 0.3 is 5.97 Å². The van der Waals surface area contributed by atoms with Gasteiger partial charge in [0.2, 0.25) is 0 Å². The minimum atomic E-state index is -0.862. The Morgan fingerprint density at radius 1 is 1.59 bits per heavy atom. The van der Waals surface area contributed by atoms with Gasteiger partial charge in [0.25, 0.3) is 0 Å². The number of ether oxygens (including phenoxy) is 1. The third kappa shape index (κ3) is 4.61. The molecule has 1 fully saturated rings. The molecule has 1 N–H and O–H groups in total. The Morgan fingerprint density at radius 3 is 2.82 bits per heavy atom. The molecular formula is C12H24N2O3. The first-order valence-electron chi connectivity index (χ1n) is 6.27. The van der Waals surface area contributed by atoms with Crippen LogP contribution in [0.3, 0.4) is 0 Å². The number of hydrogen-bond acceptors (Lipinski definition) is 4. The van der Waals surface area contributed by atoms with E-state index in [1.807, 2.05) is 6.92 Å². The Bertz CT molecular complexity index is 246. The van der Waals surface area contributed by atoms with Gasteiger partial charge in [-0.2, -0.15) is 0 Å². The van der Waals surface area contributed by atoms with Crippen LogP contribution < -0.4 is 0 Å². The van der Waals surface area contributed by atoms with E-state index in [9.17, 15) is 4.79 Å². The zero-order valence-electron chi connectivity index (χ0n) is 11.1. The normalized spacial score (nSPS) is 23.9. The van der Waals surface area contributed by atoms with Gasteiger partial charge in [0, 0.05) is 25.7 Å². The highest BCUT2D eigenvalue weighted by molar-refractivity contribution is 5.72. The van der Waals surface area contributed by atoms with Gasteiger partial charge in [0.05, 0.1) is 0 Å². The molecule has 0 aromatic rings.